The van der Waals surface area contributed by atoms with Gasteiger partial charge in [0.15, 0.2) is 0 Å². The van der Waals surface area contributed by atoms with Crippen molar-refractivity contribution in [3.05, 3.63) is 53.6 Å². The predicted molar refractivity (Wildman–Crippen MR) is 65.5 cm³/mol. The monoisotopic (exact) mass is 231 g/mol. The zero-order valence-corrected chi connectivity index (χ0v) is 9.19. The van der Waals surface area contributed by atoms with Crippen LogP contribution in [0.15, 0.2) is 48.5 Å². The van der Waals surface area contributed by atoms with Crippen molar-refractivity contribution in [3.63, 3.8) is 0 Å². The average Bonchev–Trinajstić information content (AvgIpc) is 2.30. The van der Waals surface area contributed by atoms with E-state index in [2.05, 4.69) is 0 Å². The molecule has 2 aromatic rings. The second-order valence-corrected chi connectivity index (χ2v) is 3.69. The van der Waals surface area contributed by atoms with E-state index in [1.54, 1.807) is 12.1 Å². The Morgan fingerprint density at radius 1 is 1.00 bits per heavy atom. The third-order valence-electron chi connectivity index (χ3n) is 2.20. The van der Waals surface area contributed by atoms with E-state index in [-0.39, 0.29) is 0 Å². The van der Waals surface area contributed by atoms with Gasteiger partial charge in [-0.1, -0.05) is 35.9 Å². The SMILES string of the molecule is O[B]Oc1ccc(-c2cccc(Cl)c2)cc1. The fourth-order valence-corrected chi connectivity index (χ4v) is 1.65. The Morgan fingerprint density at radius 3 is 2.38 bits per heavy atom. The summed E-state index contributed by atoms with van der Waals surface area (Å²) in [5, 5.41) is 9.19. The van der Waals surface area contributed by atoms with Gasteiger partial charge in [0.25, 0.3) is 0 Å². The predicted octanol–water partition coefficient (Wildman–Crippen LogP) is 2.91. The van der Waals surface area contributed by atoms with Gasteiger partial charge in [-0.05, 0) is 35.4 Å². The van der Waals surface area contributed by atoms with Gasteiger partial charge in [-0.15, -0.1) is 0 Å². The number of rotatable bonds is 3. The molecule has 0 aliphatic carbocycles. The fraction of sp³-hybridized carbons (Fsp3) is 0. The van der Waals surface area contributed by atoms with E-state index in [1.165, 1.54) is 0 Å². The lowest BCUT2D eigenvalue weighted by Crippen LogP contribution is -1.99. The smallest absolute Gasteiger partial charge is 0.537 e. The molecule has 0 aliphatic heterocycles. The highest BCUT2D eigenvalue weighted by molar-refractivity contribution is 6.30. The second-order valence-electron chi connectivity index (χ2n) is 3.26. The zero-order chi connectivity index (χ0) is 11.4. The lowest BCUT2D eigenvalue weighted by Gasteiger charge is -2.04. The molecular formula is C12H9BClO2. The molecule has 2 aromatic carbocycles. The van der Waals surface area contributed by atoms with Gasteiger partial charge in [0.2, 0.25) is 0 Å². The molecule has 0 amide bonds. The summed E-state index contributed by atoms with van der Waals surface area (Å²) < 4.78 is 4.82. The first-order chi connectivity index (χ1) is 7.79. The van der Waals surface area contributed by atoms with Crippen molar-refractivity contribution in [3.8, 4) is 16.9 Å². The Hall–Kier alpha value is -1.45. The van der Waals surface area contributed by atoms with Gasteiger partial charge in [-0.3, -0.25) is 0 Å². The first-order valence-corrected chi connectivity index (χ1v) is 5.16. The molecule has 0 saturated heterocycles. The van der Waals surface area contributed by atoms with E-state index in [4.69, 9.17) is 21.3 Å². The van der Waals surface area contributed by atoms with E-state index < -0.39 is 0 Å². The molecule has 0 fully saturated rings. The third-order valence-corrected chi connectivity index (χ3v) is 2.44. The maximum Gasteiger partial charge on any atom is 0.569 e. The molecule has 0 saturated carbocycles. The lowest BCUT2D eigenvalue weighted by atomic mass is 10.1. The van der Waals surface area contributed by atoms with Crippen molar-refractivity contribution in [1.82, 2.24) is 0 Å². The lowest BCUT2D eigenvalue weighted by molar-refractivity contribution is 0.454. The van der Waals surface area contributed by atoms with Crippen LogP contribution in [0.3, 0.4) is 0 Å². The van der Waals surface area contributed by atoms with Crippen molar-refractivity contribution in [2.45, 2.75) is 0 Å². The molecule has 16 heavy (non-hydrogen) atoms. The fourth-order valence-electron chi connectivity index (χ4n) is 1.45. The Labute approximate surface area is 99.8 Å². The molecule has 0 bridgehead atoms. The van der Waals surface area contributed by atoms with E-state index in [0.29, 0.717) is 18.5 Å². The molecule has 0 aliphatic rings. The Bertz CT molecular complexity index is 471. The average molecular weight is 231 g/mol. The maximum atomic E-state index is 8.48. The topological polar surface area (TPSA) is 29.5 Å². The highest BCUT2D eigenvalue weighted by Gasteiger charge is 1.99. The summed E-state index contributed by atoms with van der Waals surface area (Å²) in [4.78, 5) is 0. The molecule has 2 nitrogen and oxygen atoms in total. The number of halogens is 1. The van der Waals surface area contributed by atoms with Crippen molar-refractivity contribution < 1.29 is 9.68 Å². The first-order valence-electron chi connectivity index (χ1n) is 4.78. The minimum atomic E-state index is 0.591. The van der Waals surface area contributed by atoms with Gasteiger partial charge in [0.1, 0.15) is 5.75 Å². The largest absolute Gasteiger partial charge is 0.569 e. The van der Waals surface area contributed by atoms with E-state index >= 15 is 0 Å². The summed E-state index contributed by atoms with van der Waals surface area (Å²) in [5.74, 6) is 0.591. The van der Waals surface area contributed by atoms with Crippen LogP contribution in [0.1, 0.15) is 0 Å². The summed E-state index contributed by atoms with van der Waals surface area (Å²) in [6.07, 6.45) is 0. The van der Waals surface area contributed by atoms with Gasteiger partial charge in [-0.25, -0.2) is 0 Å². The molecule has 1 N–H and O–H groups in total. The van der Waals surface area contributed by atoms with Crippen LogP contribution in [-0.4, -0.2) is 12.7 Å². The van der Waals surface area contributed by atoms with Crippen molar-refractivity contribution >= 4 is 19.3 Å². The van der Waals surface area contributed by atoms with Crippen LogP contribution < -0.4 is 4.65 Å². The van der Waals surface area contributed by atoms with Crippen LogP contribution in [0.5, 0.6) is 5.75 Å². The molecule has 1 radical (unpaired) electrons. The Kier molecular flexibility index (Phi) is 3.49. The van der Waals surface area contributed by atoms with Crippen molar-refractivity contribution in [1.29, 1.82) is 0 Å². The number of hydrogen-bond donors (Lipinski definition) is 1. The summed E-state index contributed by atoms with van der Waals surface area (Å²) in [6, 6.07) is 15.0. The Morgan fingerprint density at radius 2 is 1.75 bits per heavy atom. The molecule has 0 aromatic heterocycles. The second kappa shape index (κ2) is 5.06. The van der Waals surface area contributed by atoms with Crippen LogP contribution in [-0.2, 0) is 0 Å². The maximum absolute atomic E-state index is 8.48. The summed E-state index contributed by atoms with van der Waals surface area (Å²) >= 11 is 5.91. The molecule has 0 heterocycles. The van der Waals surface area contributed by atoms with Crippen molar-refractivity contribution in [2.75, 3.05) is 0 Å². The van der Waals surface area contributed by atoms with Gasteiger partial charge >= 0.3 is 7.69 Å². The van der Waals surface area contributed by atoms with Crippen molar-refractivity contribution in [2.24, 2.45) is 0 Å². The minimum Gasteiger partial charge on any atom is -0.537 e. The molecule has 0 spiro atoms. The van der Waals surface area contributed by atoms with Crippen LogP contribution in [0.2, 0.25) is 5.02 Å². The van der Waals surface area contributed by atoms with E-state index in [1.807, 2.05) is 36.4 Å². The molecule has 4 heteroatoms. The molecule has 2 rings (SSSR count). The third kappa shape index (κ3) is 2.57. The quantitative estimate of drug-likeness (QED) is 0.823. The van der Waals surface area contributed by atoms with Gasteiger partial charge in [0, 0.05) is 5.02 Å². The van der Waals surface area contributed by atoms with Gasteiger partial charge < -0.3 is 9.68 Å². The van der Waals surface area contributed by atoms with Crippen LogP contribution in [0.25, 0.3) is 11.1 Å². The summed E-state index contributed by atoms with van der Waals surface area (Å²) in [6.45, 7) is 0. The minimum absolute atomic E-state index is 0.591. The first kappa shape index (κ1) is 11.1. The van der Waals surface area contributed by atoms with E-state index in [9.17, 15) is 0 Å². The van der Waals surface area contributed by atoms with Gasteiger partial charge in [0.05, 0.1) is 0 Å². The van der Waals surface area contributed by atoms with Gasteiger partial charge in [-0.2, -0.15) is 0 Å². The normalized spacial score (nSPS) is 9.88. The standard InChI is InChI=1S/C12H9BClO2/c14-11-3-1-2-10(8-11)9-4-6-12(7-5-9)16-13-15/h1-8,15H. The highest BCUT2D eigenvalue weighted by Crippen LogP contribution is 2.24. The van der Waals surface area contributed by atoms with Crippen LogP contribution in [0, 0.1) is 0 Å². The molecule has 0 unspecified atom stereocenters. The summed E-state index contributed by atoms with van der Waals surface area (Å²) in [7, 11) is 0.661. The molecule has 0 atom stereocenters. The Balaban J connectivity index is 2.27. The highest BCUT2D eigenvalue weighted by atomic mass is 35.5. The van der Waals surface area contributed by atoms with Crippen LogP contribution in [0.4, 0.5) is 0 Å². The number of benzene rings is 2. The van der Waals surface area contributed by atoms with E-state index in [0.717, 1.165) is 11.1 Å². The zero-order valence-electron chi connectivity index (χ0n) is 8.43. The number of hydrogen-bond acceptors (Lipinski definition) is 2. The van der Waals surface area contributed by atoms with Crippen LogP contribution >= 0.6 is 11.6 Å². The summed E-state index contributed by atoms with van der Waals surface area (Å²) in [5.41, 5.74) is 2.10. The molecule has 79 valence electrons. The molecular weight excluding hydrogens is 222 g/mol.